The standard InChI is InChI=1S/C13H24N4O.ClH/c1-13(2,3)12-10(7-16-17-12)6-14-4-9-5-15-8-11(9)18;/h7,9,11,14-15,18H,4-6,8H2,1-3H3,(H,16,17);1H. The number of β-amino-alcohol motifs (C(OH)–C–C–N with tert-alkyl or cyclic N) is 1. The summed E-state index contributed by atoms with van der Waals surface area (Å²) in [4.78, 5) is 0. The third kappa shape index (κ3) is 4.18. The van der Waals surface area contributed by atoms with E-state index in [2.05, 4.69) is 41.6 Å². The lowest BCUT2D eigenvalue weighted by atomic mass is 9.89. The number of hydrogen-bond donors (Lipinski definition) is 4. The van der Waals surface area contributed by atoms with E-state index in [1.165, 1.54) is 11.3 Å². The fraction of sp³-hybridized carbons (Fsp3) is 0.769. The van der Waals surface area contributed by atoms with Gasteiger partial charge < -0.3 is 15.7 Å². The first kappa shape index (κ1) is 16.4. The van der Waals surface area contributed by atoms with Crippen LogP contribution in [-0.4, -0.2) is 41.0 Å². The molecule has 2 unspecified atom stereocenters. The highest BCUT2D eigenvalue weighted by Crippen LogP contribution is 2.23. The zero-order valence-corrected chi connectivity index (χ0v) is 12.7. The lowest BCUT2D eigenvalue weighted by molar-refractivity contribution is 0.146. The molecule has 110 valence electrons. The van der Waals surface area contributed by atoms with E-state index in [9.17, 15) is 5.11 Å². The summed E-state index contributed by atoms with van der Waals surface area (Å²) in [7, 11) is 0. The van der Waals surface area contributed by atoms with Crippen LogP contribution < -0.4 is 10.6 Å². The van der Waals surface area contributed by atoms with Crippen LogP contribution in [0.1, 0.15) is 32.0 Å². The number of nitrogens with one attached hydrogen (secondary N) is 3. The first-order valence-corrected chi connectivity index (χ1v) is 6.60. The molecule has 0 aromatic carbocycles. The van der Waals surface area contributed by atoms with E-state index in [0.717, 1.165) is 19.6 Å². The predicted octanol–water partition coefficient (Wildman–Crippen LogP) is 0.799. The maximum Gasteiger partial charge on any atom is 0.0716 e. The molecule has 1 aliphatic rings. The van der Waals surface area contributed by atoms with E-state index in [-0.39, 0.29) is 23.9 Å². The maximum atomic E-state index is 9.71. The highest BCUT2D eigenvalue weighted by atomic mass is 35.5. The maximum absolute atomic E-state index is 9.71. The molecule has 2 rings (SSSR count). The first-order valence-electron chi connectivity index (χ1n) is 6.60. The summed E-state index contributed by atoms with van der Waals surface area (Å²) >= 11 is 0. The molecule has 1 aromatic rings. The van der Waals surface area contributed by atoms with Crippen molar-refractivity contribution in [3.8, 4) is 0 Å². The van der Waals surface area contributed by atoms with Gasteiger partial charge in [0.25, 0.3) is 0 Å². The van der Waals surface area contributed by atoms with Gasteiger partial charge in [-0.05, 0) is 0 Å². The zero-order valence-electron chi connectivity index (χ0n) is 11.9. The summed E-state index contributed by atoms with van der Waals surface area (Å²) in [6.07, 6.45) is 1.67. The number of aromatic nitrogens is 2. The van der Waals surface area contributed by atoms with Crippen molar-refractivity contribution < 1.29 is 5.11 Å². The summed E-state index contributed by atoms with van der Waals surface area (Å²) in [5.74, 6) is 0.315. The molecule has 1 aliphatic heterocycles. The molecule has 6 heteroatoms. The number of aliphatic hydroxyl groups excluding tert-OH is 1. The van der Waals surface area contributed by atoms with Crippen LogP contribution in [0, 0.1) is 5.92 Å². The van der Waals surface area contributed by atoms with Crippen molar-refractivity contribution in [1.82, 2.24) is 20.8 Å². The Morgan fingerprint density at radius 3 is 2.74 bits per heavy atom. The Balaban J connectivity index is 0.00000180. The first-order chi connectivity index (χ1) is 8.48. The molecule has 4 N–H and O–H groups in total. The van der Waals surface area contributed by atoms with E-state index in [1.807, 2.05) is 6.20 Å². The summed E-state index contributed by atoms with van der Waals surface area (Å²) in [5.41, 5.74) is 2.48. The summed E-state index contributed by atoms with van der Waals surface area (Å²) in [6.45, 7) is 9.77. The Bertz CT molecular complexity index is 388. The molecular weight excluding hydrogens is 264 g/mol. The molecule has 2 heterocycles. The van der Waals surface area contributed by atoms with Crippen LogP contribution >= 0.6 is 12.4 Å². The molecule has 0 saturated carbocycles. The number of aliphatic hydroxyl groups is 1. The van der Waals surface area contributed by atoms with Crippen LogP contribution in [0.15, 0.2) is 6.20 Å². The van der Waals surface area contributed by atoms with Gasteiger partial charge in [0.1, 0.15) is 0 Å². The molecule has 1 saturated heterocycles. The van der Waals surface area contributed by atoms with Gasteiger partial charge in [0, 0.05) is 48.8 Å². The second-order valence-corrected chi connectivity index (χ2v) is 6.14. The second-order valence-electron chi connectivity index (χ2n) is 6.14. The normalized spacial score (nSPS) is 23.4. The monoisotopic (exact) mass is 288 g/mol. The van der Waals surface area contributed by atoms with Crippen molar-refractivity contribution in [1.29, 1.82) is 0 Å². The van der Waals surface area contributed by atoms with Gasteiger partial charge in [0.15, 0.2) is 0 Å². The molecule has 2 atom stereocenters. The predicted molar refractivity (Wildman–Crippen MR) is 78.6 cm³/mol. The van der Waals surface area contributed by atoms with Gasteiger partial charge in [-0.25, -0.2) is 0 Å². The summed E-state index contributed by atoms with van der Waals surface area (Å²) < 4.78 is 0. The van der Waals surface area contributed by atoms with Crippen LogP contribution in [0.5, 0.6) is 0 Å². The third-order valence-electron chi connectivity index (χ3n) is 3.49. The number of hydrogen-bond acceptors (Lipinski definition) is 4. The molecule has 0 bridgehead atoms. The lowest BCUT2D eigenvalue weighted by Crippen LogP contribution is -2.30. The SMILES string of the molecule is CC(C)(C)c1[nH]ncc1CNCC1CNCC1O.Cl. The van der Waals surface area contributed by atoms with Crippen LogP contribution in [0.3, 0.4) is 0 Å². The molecule has 1 aromatic heterocycles. The van der Waals surface area contributed by atoms with E-state index in [0.29, 0.717) is 12.5 Å². The molecule has 0 radical (unpaired) electrons. The smallest absolute Gasteiger partial charge is 0.0716 e. The Labute approximate surface area is 121 Å². The van der Waals surface area contributed by atoms with Gasteiger partial charge in [-0.3, -0.25) is 5.10 Å². The Kier molecular flexibility index (Phi) is 5.80. The fourth-order valence-electron chi connectivity index (χ4n) is 2.41. The van der Waals surface area contributed by atoms with E-state index >= 15 is 0 Å². The average Bonchev–Trinajstić information content (AvgIpc) is 2.87. The van der Waals surface area contributed by atoms with Crippen LogP contribution in [0.25, 0.3) is 0 Å². The molecule has 0 amide bonds. The quantitative estimate of drug-likeness (QED) is 0.661. The third-order valence-corrected chi connectivity index (χ3v) is 3.49. The lowest BCUT2D eigenvalue weighted by Gasteiger charge is -2.19. The topological polar surface area (TPSA) is 73.0 Å². The van der Waals surface area contributed by atoms with Crippen LogP contribution in [0.4, 0.5) is 0 Å². The van der Waals surface area contributed by atoms with Gasteiger partial charge in [0.05, 0.1) is 12.3 Å². The van der Waals surface area contributed by atoms with Gasteiger partial charge in [-0.2, -0.15) is 5.10 Å². The fourth-order valence-corrected chi connectivity index (χ4v) is 2.41. The van der Waals surface area contributed by atoms with Gasteiger partial charge in [0.2, 0.25) is 0 Å². The van der Waals surface area contributed by atoms with Gasteiger partial charge in [-0.15, -0.1) is 12.4 Å². The highest BCUT2D eigenvalue weighted by molar-refractivity contribution is 5.85. The molecule has 1 fully saturated rings. The Morgan fingerprint density at radius 1 is 1.42 bits per heavy atom. The Hall–Kier alpha value is -0.620. The minimum atomic E-state index is -0.219. The van der Waals surface area contributed by atoms with Gasteiger partial charge in [-0.1, -0.05) is 20.8 Å². The molecule has 19 heavy (non-hydrogen) atoms. The highest BCUT2D eigenvalue weighted by Gasteiger charge is 2.25. The van der Waals surface area contributed by atoms with Crippen molar-refractivity contribution in [3.63, 3.8) is 0 Å². The summed E-state index contributed by atoms with van der Waals surface area (Å²) in [6, 6.07) is 0. The van der Waals surface area contributed by atoms with Gasteiger partial charge >= 0.3 is 0 Å². The van der Waals surface area contributed by atoms with Crippen molar-refractivity contribution in [3.05, 3.63) is 17.5 Å². The number of rotatable bonds is 4. The Morgan fingerprint density at radius 2 is 2.16 bits per heavy atom. The molecule has 0 spiro atoms. The minimum absolute atomic E-state index is 0. The number of aromatic amines is 1. The number of H-pyrrole nitrogens is 1. The number of nitrogens with zero attached hydrogens (tertiary/aromatic N) is 1. The van der Waals surface area contributed by atoms with Crippen LogP contribution in [0.2, 0.25) is 0 Å². The van der Waals surface area contributed by atoms with Crippen molar-refractivity contribution in [2.24, 2.45) is 5.92 Å². The molecular formula is C13H25ClN4O. The van der Waals surface area contributed by atoms with E-state index in [4.69, 9.17) is 0 Å². The minimum Gasteiger partial charge on any atom is -0.391 e. The van der Waals surface area contributed by atoms with Crippen molar-refractivity contribution in [2.45, 2.75) is 38.8 Å². The summed E-state index contributed by atoms with van der Waals surface area (Å²) in [5, 5.41) is 23.5. The zero-order chi connectivity index (χ0) is 13.2. The molecule has 0 aliphatic carbocycles. The van der Waals surface area contributed by atoms with Crippen LogP contribution in [-0.2, 0) is 12.0 Å². The largest absolute Gasteiger partial charge is 0.391 e. The second kappa shape index (κ2) is 6.70. The van der Waals surface area contributed by atoms with Crippen molar-refractivity contribution in [2.75, 3.05) is 19.6 Å². The van der Waals surface area contributed by atoms with E-state index < -0.39 is 0 Å². The number of halogens is 1. The molecule has 5 nitrogen and oxygen atoms in total. The van der Waals surface area contributed by atoms with E-state index in [1.54, 1.807) is 0 Å². The van der Waals surface area contributed by atoms with Crippen molar-refractivity contribution >= 4 is 12.4 Å². The average molecular weight is 289 g/mol.